The Morgan fingerprint density at radius 3 is 2.32 bits per heavy atom. The number of carbonyl (C=O) groups excluding carboxylic acids is 1. The van der Waals surface area contributed by atoms with Crippen molar-refractivity contribution in [1.82, 2.24) is 9.80 Å². The smallest absolute Gasteiger partial charge is 0.410 e. The molecule has 0 radical (unpaired) electrons. The summed E-state index contributed by atoms with van der Waals surface area (Å²) in [6.45, 7) is 10.3. The highest BCUT2D eigenvalue weighted by Gasteiger charge is 2.43. The molecule has 4 rings (SSSR count). The van der Waals surface area contributed by atoms with E-state index < -0.39 is 11.5 Å². The van der Waals surface area contributed by atoms with Crippen LogP contribution in [0.15, 0.2) is 18.2 Å². The standard InChI is InChI=1S/C23H32ClF2N3O2/c1-22(2,3)31-21(30)29-14-17-12-27(13-18(17)15-29)11-16-5-4-6-19(24)20(16)28-9-7-23(25,26)8-10-28/h4-6,17-18H,7-15H2,1-3H3. The van der Waals surface area contributed by atoms with E-state index in [1.54, 1.807) is 0 Å². The van der Waals surface area contributed by atoms with Crippen LogP contribution >= 0.6 is 11.6 Å². The molecule has 0 saturated carbocycles. The molecule has 1 aromatic carbocycles. The highest BCUT2D eigenvalue weighted by molar-refractivity contribution is 6.33. The molecule has 0 aromatic heterocycles. The molecular weight excluding hydrogens is 424 g/mol. The number of carbonyl (C=O) groups is 1. The summed E-state index contributed by atoms with van der Waals surface area (Å²) in [5.74, 6) is -1.71. The van der Waals surface area contributed by atoms with Gasteiger partial charge in [-0.25, -0.2) is 13.6 Å². The highest BCUT2D eigenvalue weighted by Crippen LogP contribution is 2.38. The maximum absolute atomic E-state index is 13.6. The molecule has 0 bridgehead atoms. The van der Waals surface area contributed by atoms with E-state index in [-0.39, 0.29) is 18.9 Å². The van der Waals surface area contributed by atoms with Crippen molar-refractivity contribution in [1.29, 1.82) is 0 Å². The Labute approximate surface area is 188 Å². The maximum atomic E-state index is 13.6. The molecule has 2 unspecified atom stereocenters. The Balaban J connectivity index is 1.38. The van der Waals surface area contributed by atoms with Crippen LogP contribution < -0.4 is 4.90 Å². The number of hydrogen-bond donors (Lipinski definition) is 0. The van der Waals surface area contributed by atoms with Gasteiger partial charge < -0.3 is 14.5 Å². The third-order valence-electron chi connectivity index (χ3n) is 6.49. The second-order valence-corrected chi connectivity index (χ2v) is 10.6. The largest absolute Gasteiger partial charge is 0.444 e. The molecule has 8 heteroatoms. The second kappa shape index (κ2) is 8.39. The van der Waals surface area contributed by atoms with Gasteiger partial charge in [-0.1, -0.05) is 23.7 Å². The number of fused-ring (bicyclic) bond motifs is 1. The number of likely N-dealkylation sites (tertiary alicyclic amines) is 2. The summed E-state index contributed by atoms with van der Waals surface area (Å²) in [5.41, 5.74) is 1.50. The molecule has 0 N–H and O–H groups in total. The average Bonchev–Trinajstić information content (AvgIpc) is 3.20. The third-order valence-corrected chi connectivity index (χ3v) is 6.79. The van der Waals surface area contributed by atoms with Gasteiger partial charge in [0.2, 0.25) is 0 Å². The van der Waals surface area contributed by atoms with Crippen molar-refractivity contribution in [3.05, 3.63) is 28.8 Å². The SMILES string of the molecule is CC(C)(C)OC(=O)N1CC2CN(Cc3cccc(Cl)c3N3CCC(F)(F)CC3)CC2C1. The van der Waals surface area contributed by atoms with Crippen molar-refractivity contribution in [3.8, 4) is 0 Å². The number of halogens is 3. The molecule has 3 saturated heterocycles. The lowest BCUT2D eigenvalue weighted by atomic mass is 10.0. The van der Waals surface area contributed by atoms with Gasteiger partial charge in [0, 0.05) is 58.7 Å². The molecule has 0 aliphatic carbocycles. The Kier molecular flexibility index (Phi) is 6.12. The quantitative estimate of drug-likeness (QED) is 0.651. The normalized spacial score (nSPS) is 26.3. The fraction of sp³-hybridized carbons (Fsp3) is 0.696. The van der Waals surface area contributed by atoms with Gasteiger partial charge in [0.15, 0.2) is 0 Å². The second-order valence-electron chi connectivity index (χ2n) is 10.2. The number of alkyl halides is 2. The highest BCUT2D eigenvalue weighted by atomic mass is 35.5. The van der Waals surface area contributed by atoms with E-state index >= 15 is 0 Å². The number of anilines is 1. The third kappa shape index (κ3) is 5.25. The minimum Gasteiger partial charge on any atom is -0.444 e. The number of amides is 1. The van der Waals surface area contributed by atoms with Crippen LogP contribution in [0.4, 0.5) is 19.3 Å². The van der Waals surface area contributed by atoms with Gasteiger partial charge in [-0.3, -0.25) is 4.90 Å². The first-order valence-electron chi connectivity index (χ1n) is 11.1. The van der Waals surface area contributed by atoms with Crippen molar-refractivity contribution >= 4 is 23.4 Å². The summed E-state index contributed by atoms with van der Waals surface area (Å²) >= 11 is 6.52. The minimum atomic E-state index is -2.58. The van der Waals surface area contributed by atoms with Crippen molar-refractivity contribution in [2.24, 2.45) is 11.8 Å². The molecule has 2 atom stereocenters. The summed E-state index contributed by atoms with van der Waals surface area (Å²) in [7, 11) is 0. The molecule has 3 heterocycles. The summed E-state index contributed by atoms with van der Waals surface area (Å²) in [5, 5.41) is 0.623. The van der Waals surface area contributed by atoms with Gasteiger partial charge in [-0.05, 0) is 44.2 Å². The van der Waals surface area contributed by atoms with E-state index in [1.165, 1.54) is 0 Å². The van der Waals surface area contributed by atoms with E-state index in [1.807, 2.05) is 42.7 Å². The van der Waals surface area contributed by atoms with E-state index in [4.69, 9.17) is 16.3 Å². The van der Waals surface area contributed by atoms with Crippen LogP contribution in [-0.2, 0) is 11.3 Å². The first-order valence-corrected chi connectivity index (χ1v) is 11.5. The molecular formula is C23H32ClF2N3O2. The summed E-state index contributed by atoms with van der Waals surface area (Å²) in [4.78, 5) is 18.6. The molecule has 31 heavy (non-hydrogen) atoms. The van der Waals surface area contributed by atoms with Crippen molar-refractivity contribution in [3.63, 3.8) is 0 Å². The zero-order chi connectivity index (χ0) is 22.4. The van der Waals surface area contributed by atoms with Crippen LogP contribution in [-0.4, -0.2) is 66.7 Å². The Bertz CT molecular complexity index is 806. The van der Waals surface area contributed by atoms with Gasteiger partial charge in [-0.15, -0.1) is 0 Å². The van der Waals surface area contributed by atoms with Crippen molar-refractivity contribution in [2.75, 3.05) is 44.2 Å². The molecule has 3 aliphatic rings. The van der Waals surface area contributed by atoms with Crippen LogP contribution in [0.5, 0.6) is 0 Å². The van der Waals surface area contributed by atoms with E-state index in [0.29, 0.717) is 29.9 Å². The van der Waals surface area contributed by atoms with E-state index in [9.17, 15) is 13.6 Å². The van der Waals surface area contributed by atoms with Crippen molar-refractivity contribution in [2.45, 2.75) is 51.7 Å². The van der Waals surface area contributed by atoms with E-state index in [2.05, 4.69) is 11.0 Å². The molecule has 172 valence electrons. The summed E-state index contributed by atoms with van der Waals surface area (Å²) in [6.07, 6.45) is -0.495. The number of ether oxygens (including phenoxy) is 1. The van der Waals surface area contributed by atoms with Crippen LogP contribution in [0.25, 0.3) is 0 Å². The van der Waals surface area contributed by atoms with Gasteiger partial charge in [0.1, 0.15) is 5.60 Å². The van der Waals surface area contributed by atoms with Gasteiger partial charge in [0.25, 0.3) is 5.92 Å². The Morgan fingerprint density at radius 1 is 1.13 bits per heavy atom. The molecule has 3 fully saturated rings. The van der Waals surface area contributed by atoms with Crippen LogP contribution in [0.3, 0.4) is 0 Å². The molecule has 3 aliphatic heterocycles. The molecule has 5 nitrogen and oxygen atoms in total. The number of benzene rings is 1. The Morgan fingerprint density at radius 2 is 1.74 bits per heavy atom. The minimum absolute atomic E-state index is 0.133. The number of rotatable bonds is 3. The predicted octanol–water partition coefficient (Wildman–Crippen LogP) is 4.87. The van der Waals surface area contributed by atoms with E-state index in [0.717, 1.165) is 44.0 Å². The molecule has 1 aromatic rings. The topological polar surface area (TPSA) is 36.0 Å². The number of nitrogens with zero attached hydrogens (tertiary/aromatic N) is 3. The van der Waals surface area contributed by atoms with Gasteiger partial charge >= 0.3 is 6.09 Å². The molecule has 1 amide bonds. The maximum Gasteiger partial charge on any atom is 0.410 e. The Hall–Kier alpha value is -1.60. The number of para-hydroxylation sites is 1. The fourth-order valence-corrected chi connectivity index (χ4v) is 5.35. The monoisotopic (exact) mass is 455 g/mol. The zero-order valence-corrected chi connectivity index (χ0v) is 19.3. The first-order chi connectivity index (χ1) is 14.5. The summed E-state index contributed by atoms with van der Waals surface area (Å²) < 4.78 is 32.8. The lowest BCUT2D eigenvalue weighted by molar-refractivity contribution is -0.0221. The zero-order valence-electron chi connectivity index (χ0n) is 18.5. The van der Waals surface area contributed by atoms with Gasteiger partial charge in [0.05, 0.1) is 10.7 Å². The lowest BCUT2D eigenvalue weighted by Gasteiger charge is -2.35. The summed E-state index contributed by atoms with van der Waals surface area (Å²) in [6, 6.07) is 5.82. The lowest BCUT2D eigenvalue weighted by Crippen LogP contribution is -2.40. The number of piperidine rings is 1. The predicted molar refractivity (Wildman–Crippen MR) is 118 cm³/mol. The van der Waals surface area contributed by atoms with Crippen LogP contribution in [0.2, 0.25) is 5.02 Å². The van der Waals surface area contributed by atoms with Gasteiger partial charge in [-0.2, -0.15) is 0 Å². The first kappa shape index (κ1) is 22.6. The number of hydrogen-bond acceptors (Lipinski definition) is 4. The fourth-order valence-electron chi connectivity index (χ4n) is 5.04. The van der Waals surface area contributed by atoms with Crippen molar-refractivity contribution < 1.29 is 18.3 Å². The average molecular weight is 456 g/mol. The van der Waals surface area contributed by atoms with Crippen LogP contribution in [0, 0.1) is 11.8 Å². The van der Waals surface area contributed by atoms with Crippen LogP contribution in [0.1, 0.15) is 39.2 Å². The molecule has 0 spiro atoms.